The molecule has 1 atom stereocenters. The van der Waals surface area contributed by atoms with Crippen molar-refractivity contribution in [2.24, 2.45) is 0 Å². The molecular formula is C14H24N4O. The fourth-order valence-corrected chi connectivity index (χ4v) is 2.88. The lowest BCUT2D eigenvalue weighted by Gasteiger charge is -2.41. The molecule has 0 saturated carbocycles. The lowest BCUT2D eigenvalue weighted by atomic mass is 9.92. The maximum Gasteiger partial charge on any atom is 0.132 e. The zero-order chi connectivity index (χ0) is 14.0. The molecule has 0 spiro atoms. The Kier molecular flexibility index (Phi) is 4.06. The molecule has 2 rings (SSSR count). The molecule has 5 nitrogen and oxygen atoms in total. The Morgan fingerprint density at radius 1 is 1.37 bits per heavy atom. The molecule has 1 aliphatic rings. The van der Waals surface area contributed by atoms with E-state index in [4.69, 9.17) is 0 Å². The minimum Gasteiger partial charge on any atom is -0.387 e. The van der Waals surface area contributed by atoms with Crippen LogP contribution in [0.1, 0.15) is 24.4 Å². The summed E-state index contributed by atoms with van der Waals surface area (Å²) in [4.78, 5) is 13.0. The van der Waals surface area contributed by atoms with Gasteiger partial charge in [-0.25, -0.2) is 9.97 Å². The first-order valence-corrected chi connectivity index (χ1v) is 6.82. The Bertz CT molecular complexity index is 429. The third kappa shape index (κ3) is 3.64. The molecule has 2 heterocycles. The Morgan fingerprint density at radius 2 is 2.11 bits per heavy atom. The topological polar surface area (TPSA) is 52.5 Å². The van der Waals surface area contributed by atoms with Gasteiger partial charge in [-0.2, -0.15) is 0 Å². The van der Waals surface area contributed by atoms with Gasteiger partial charge in [-0.3, -0.25) is 0 Å². The number of aryl methyl sites for hydroxylation is 2. The summed E-state index contributed by atoms with van der Waals surface area (Å²) in [6.45, 7) is 6.17. The third-order valence-corrected chi connectivity index (χ3v) is 3.44. The molecule has 0 aliphatic carbocycles. The van der Waals surface area contributed by atoms with E-state index in [2.05, 4.69) is 14.9 Å². The van der Waals surface area contributed by atoms with Crippen LogP contribution in [0, 0.1) is 13.8 Å². The van der Waals surface area contributed by atoms with Crippen molar-refractivity contribution in [3.63, 3.8) is 0 Å². The Labute approximate surface area is 115 Å². The predicted octanol–water partition coefficient (Wildman–Crippen LogP) is 0.986. The highest BCUT2D eigenvalue weighted by Crippen LogP contribution is 2.25. The van der Waals surface area contributed by atoms with Crippen LogP contribution in [0.2, 0.25) is 0 Å². The second-order valence-electron chi connectivity index (χ2n) is 5.90. The van der Waals surface area contributed by atoms with Gasteiger partial charge in [0.1, 0.15) is 11.6 Å². The van der Waals surface area contributed by atoms with E-state index >= 15 is 0 Å². The first-order valence-electron chi connectivity index (χ1n) is 6.82. The summed E-state index contributed by atoms with van der Waals surface area (Å²) in [5.41, 5.74) is 0.332. The average Bonchev–Trinajstić information content (AvgIpc) is 2.25. The summed E-state index contributed by atoms with van der Waals surface area (Å²) < 4.78 is 0. The Morgan fingerprint density at radius 3 is 2.74 bits per heavy atom. The highest BCUT2D eigenvalue weighted by atomic mass is 16.3. The van der Waals surface area contributed by atoms with Gasteiger partial charge in [-0.1, -0.05) is 0 Å². The van der Waals surface area contributed by atoms with Crippen LogP contribution in [0.3, 0.4) is 0 Å². The molecule has 1 aliphatic heterocycles. The van der Waals surface area contributed by atoms with E-state index in [0.717, 1.165) is 36.7 Å². The monoisotopic (exact) mass is 264 g/mol. The van der Waals surface area contributed by atoms with E-state index in [1.165, 1.54) is 0 Å². The number of rotatable bonds is 3. The Balaban J connectivity index is 2.16. The van der Waals surface area contributed by atoms with E-state index in [1.54, 1.807) is 0 Å². The number of aromatic nitrogens is 2. The molecule has 0 aromatic carbocycles. The molecule has 1 saturated heterocycles. The van der Waals surface area contributed by atoms with Crippen LogP contribution >= 0.6 is 0 Å². The van der Waals surface area contributed by atoms with E-state index in [9.17, 15) is 5.11 Å². The van der Waals surface area contributed by atoms with Gasteiger partial charge in [0.25, 0.3) is 0 Å². The van der Waals surface area contributed by atoms with Gasteiger partial charge in [0, 0.05) is 31.4 Å². The standard InChI is InChI=1S/C14H24N4O/c1-11-8-13(16-12(2)15-11)18-7-5-6-14(19,10-18)9-17(3)4/h8,19H,5-7,9-10H2,1-4H3. The third-order valence-electron chi connectivity index (χ3n) is 3.44. The van der Waals surface area contributed by atoms with Crippen molar-refractivity contribution in [1.82, 2.24) is 14.9 Å². The van der Waals surface area contributed by atoms with Crippen LogP contribution in [-0.2, 0) is 0 Å². The van der Waals surface area contributed by atoms with Gasteiger partial charge >= 0.3 is 0 Å². The van der Waals surface area contributed by atoms with Crippen LogP contribution < -0.4 is 4.90 Å². The second kappa shape index (κ2) is 5.43. The normalized spacial score (nSPS) is 24.0. The Hall–Kier alpha value is -1.20. The average molecular weight is 264 g/mol. The first-order chi connectivity index (χ1) is 8.88. The van der Waals surface area contributed by atoms with Crippen molar-refractivity contribution in [2.45, 2.75) is 32.3 Å². The summed E-state index contributed by atoms with van der Waals surface area (Å²) in [7, 11) is 3.99. The fourth-order valence-electron chi connectivity index (χ4n) is 2.88. The van der Waals surface area contributed by atoms with E-state index in [0.29, 0.717) is 13.1 Å². The van der Waals surface area contributed by atoms with E-state index in [1.807, 2.05) is 38.9 Å². The van der Waals surface area contributed by atoms with Crippen molar-refractivity contribution < 1.29 is 5.11 Å². The molecule has 1 fully saturated rings. The molecule has 0 radical (unpaired) electrons. The smallest absolute Gasteiger partial charge is 0.132 e. The predicted molar refractivity (Wildman–Crippen MR) is 76.5 cm³/mol. The van der Waals surface area contributed by atoms with Crippen molar-refractivity contribution in [1.29, 1.82) is 0 Å². The number of hydrogen-bond donors (Lipinski definition) is 1. The largest absolute Gasteiger partial charge is 0.387 e. The number of likely N-dealkylation sites (N-methyl/N-ethyl adjacent to an activating group) is 1. The maximum absolute atomic E-state index is 10.7. The van der Waals surface area contributed by atoms with Crippen LogP contribution in [0.4, 0.5) is 5.82 Å². The van der Waals surface area contributed by atoms with Crippen molar-refractivity contribution in [3.8, 4) is 0 Å². The molecule has 5 heteroatoms. The number of nitrogens with zero attached hydrogens (tertiary/aromatic N) is 4. The fraction of sp³-hybridized carbons (Fsp3) is 0.714. The molecule has 0 bridgehead atoms. The number of piperidine rings is 1. The summed E-state index contributed by atoms with van der Waals surface area (Å²) in [6, 6.07) is 1.99. The lowest BCUT2D eigenvalue weighted by molar-refractivity contribution is 0.00351. The summed E-state index contributed by atoms with van der Waals surface area (Å²) in [5, 5.41) is 10.7. The molecule has 0 amide bonds. The van der Waals surface area contributed by atoms with Gasteiger partial charge < -0.3 is 14.9 Å². The molecule has 19 heavy (non-hydrogen) atoms. The highest BCUT2D eigenvalue weighted by Gasteiger charge is 2.34. The molecule has 1 N–H and O–H groups in total. The zero-order valence-electron chi connectivity index (χ0n) is 12.3. The van der Waals surface area contributed by atoms with Gasteiger partial charge in [0.05, 0.1) is 5.60 Å². The van der Waals surface area contributed by atoms with Crippen LogP contribution in [0.25, 0.3) is 0 Å². The van der Waals surface area contributed by atoms with Gasteiger partial charge in [0.15, 0.2) is 0 Å². The van der Waals surface area contributed by atoms with Crippen LogP contribution in [0.5, 0.6) is 0 Å². The van der Waals surface area contributed by atoms with Crippen LogP contribution in [-0.4, -0.2) is 59.3 Å². The summed E-state index contributed by atoms with van der Waals surface area (Å²) in [5.74, 6) is 1.72. The van der Waals surface area contributed by atoms with Crippen LogP contribution in [0.15, 0.2) is 6.07 Å². The van der Waals surface area contributed by atoms with Gasteiger partial charge in [-0.05, 0) is 40.8 Å². The van der Waals surface area contributed by atoms with Gasteiger partial charge in [-0.15, -0.1) is 0 Å². The quantitative estimate of drug-likeness (QED) is 0.882. The van der Waals surface area contributed by atoms with Gasteiger partial charge in [0.2, 0.25) is 0 Å². The first kappa shape index (κ1) is 14.2. The maximum atomic E-state index is 10.7. The molecule has 1 unspecified atom stereocenters. The number of anilines is 1. The molecular weight excluding hydrogens is 240 g/mol. The molecule has 106 valence electrons. The van der Waals surface area contributed by atoms with Crippen molar-refractivity contribution in [2.75, 3.05) is 38.6 Å². The summed E-state index contributed by atoms with van der Waals surface area (Å²) >= 11 is 0. The summed E-state index contributed by atoms with van der Waals surface area (Å²) in [6.07, 6.45) is 1.84. The number of hydrogen-bond acceptors (Lipinski definition) is 5. The molecule has 1 aromatic heterocycles. The minimum atomic E-state index is -0.644. The molecule has 1 aromatic rings. The number of aliphatic hydroxyl groups is 1. The zero-order valence-corrected chi connectivity index (χ0v) is 12.3. The minimum absolute atomic E-state index is 0.640. The lowest BCUT2D eigenvalue weighted by Crippen LogP contribution is -2.53. The second-order valence-corrected chi connectivity index (χ2v) is 5.90. The van der Waals surface area contributed by atoms with E-state index < -0.39 is 5.60 Å². The van der Waals surface area contributed by atoms with E-state index in [-0.39, 0.29) is 0 Å². The van der Waals surface area contributed by atoms with Crippen molar-refractivity contribution >= 4 is 5.82 Å². The number of β-amino-alcohol motifs (C(OH)–C–C–N with tert-alkyl or cyclic N) is 1. The highest BCUT2D eigenvalue weighted by molar-refractivity contribution is 5.41. The van der Waals surface area contributed by atoms with Crippen molar-refractivity contribution in [3.05, 3.63) is 17.6 Å². The SMILES string of the molecule is Cc1cc(N2CCCC(O)(CN(C)C)C2)nc(C)n1.